The molecule has 1 aromatic heterocycles. The first kappa shape index (κ1) is 15.3. The summed E-state index contributed by atoms with van der Waals surface area (Å²) in [6, 6.07) is 4.62. The number of aryl methyl sites for hydroxylation is 1. The van der Waals surface area contributed by atoms with Gasteiger partial charge in [0.1, 0.15) is 5.25 Å². The monoisotopic (exact) mass is 357 g/mol. The van der Waals surface area contributed by atoms with Crippen molar-refractivity contribution in [3.05, 3.63) is 28.2 Å². The summed E-state index contributed by atoms with van der Waals surface area (Å²) in [5.41, 5.74) is 0.334. The van der Waals surface area contributed by atoms with Crippen LogP contribution >= 0.6 is 35.0 Å². The molecule has 1 fully saturated rings. The van der Waals surface area contributed by atoms with Crippen molar-refractivity contribution in [3.63, 3.8) is 0 Å². The third-order valence-electron chi connectivity index (χ3n) is 3.08. The van der Waals surface area contributed by atoms with Gasteiger partial charge in [0, 0.05) is 18.5 Å². The number of rotatable bonds is 3. The molecule has 7 nitrogen and oxygen atoms in total. The zero-order valence-electron chi connectivity index (χ0n) is 11.2. The number of hydrogen-bond acceptors (Lipinski definition) is 6. The van der Waals surface area contributed by atoms with Crippen LogP contribution < -0.4 is 4.90 Å². The molecule has 0 N–H and O–H groups in total. The van der Waals surface area contributed by atoms with Crippen molar-refractivity contribution in [2.45, 2.75) is 16.8 Å². The molecule has 1 aliphatic heterocycles. The Morgan fingerprint density at radius 2 is 2.09 bits per heavy atom. The fourth-order valence-electron chi connectivity index (χ4n) is 2.06. The van der Waals surface area contributed by atoms with Crippen LogP contribution in [-0.2, 0) is 16.6 Å². The van der Waals surface area contributed by atoms with Gasteiger partial charge in [-0.15, -0.1) is 5.10 Å². The molecule has 1 aromatic carbocycles. The lowest BCUT2D eigenvalue weighted by molar-refractivity contribution is -0.121. The van der Waals surface area contributed by atoms with Crippen molar-refractivity contribution in [2.24, 2.45) is 7.05 Å². The number of hydrogen-bond donors (Lipinski definition) is 0. The molecule has 10 heteroatoms. The molecule has 2 amide bonds. The van der Waals surface area contributed by atoms with E-state index in [2.05, 4.69) is 15.5 Å². The molecule has 3 rings (SSSR count). The normalized spacial score (nSPS) is 18.3. The summed E-state index contributed by atoms with van der Waals surface area (Å²) in [5.74, 6) is -0.663. The van der Waals surface area contributed by atoms with Gasteiger partial charge < -0.3 is 0 Å². The number of tetrazole rings is 1. The van der Waals surface area contributed by atoms with Crippen molar-refractivity contribution in [1.29, 1.82) is 0 Å². The maximum absolute atomic E-state index is 12.5. The van der Waals surface area contributed by atoms with Crippen LogP contribution in [-0.4, -0.2) is 37.3 Å². The van der Waals surface area contributed by atoms with Crippen LogP contribution in [0, 0.1) is 0 Å². The summed E-state index contributed by atoms with van der Waals surface area (Å²) in [5, 5.41) is 11.6. The highest BCUT2D eigenvalue weighted by Crippen LogP contribution is 2.36. The molecule has 114 valence electrons. The standard InChI is InChI=1S/C12H9Cl2N5O2S/c1-18-12(15-16-17-18)22-9-5-10(20)19(11(9)21)8-3-2-6(13)4-7(8)14/h2-4,9H,5H2,1H3/t9-/m1/s1. The summed E-state index contributed by atoms with van der Waals surface area (Å²) in [7, 11) is 1.66. The van der Waals surface area contributed by atoms with Crippen LogP contribution in [0.3, 0.4) is 0 Å². The minimum Gasteiger partial charge on any atom is -0.274 e. The van der Waals surface area contributed by atoms with Gasteiger partial charge in [0.2, 0.25) is 17.0 Å². The SMILES string of the molecule is Cn1nnnc1S[C@@H]1CC(=O)N(c2ccc(Cl)cc2Cl)C1=O. The van der Waals surface area contributed by atoms with Crippen molar-refractivity contribution in [3.8, 4) is 0 Å². The van der Waals surface area contributed by atoms with Crippen LogP contribution in [0.5, 0.6) is 0 Å². The van der Waals surface area contributed by atoms with Gasteiger partial charge in [-0.2, -0.15) is 0 Å². The van der Waals surface area contributed by atoms with Crippen molar-refractivity contribution < 1.29 is 9.59 Å². The molecule has 0 spiro atoms. The van der Waals surface area contributed by atoms with E-state index in [0.29, 0.717) is 15.9 Å². The third-order valence-corrected chi connectivity index (χ3v) is 4.83. The lowest BCUT2D eigenvalue weighted by Crippen LogP contribution is -2.31. The van der Waals surface area contributed by atoms with Gasteiger partial charge in [-0.3, -0.25) is 9.59 Å². The number of aromatic nitrogens is 4. The van der Waals surface area contributed by atoms with Gasteiger partial charge in [-0.1, -0.05) is 35.0 Å². The number of carbonyl (C=O) groups excluding carboxylic acids is 2. The minimum absolute atomic E-state index is 0.0648. The Kier molecular flexibility index (Phi) is 4.07. The second-order valence-corrected chi connectivity index (χ2v) is 6.57. The first-order chi connectivity index (χ1) is 10.5. The number of thioether (sulfide) groups is 1. The Morgan fingerprint density at radius 1 is 1.32 bits per heavy atom. The topological polar surface area (TPSA) is 81.0 Å². The fraction of sp³-hybridized carbons (Fsp3) is 0.250. The van der Waals surface area contributed by atoms with Crippen molar-refractivity contribution >= 4 is 52.5 Å². The molecule has 2 aromatic rings. The quantitative estimate of drug-likeness (QED) is 0.780. The lowest BCUT2D eigenvalue weighted by atomic mass is 10.3. The zero-order chi connectivity index (χ0) is 15.9. The summed E-state index contributed by atoms with van der Waals surface area (Å²) in [6.07, 6.45) is 0.0648. The Hall–Kier alpha value is -1.64. The van der Waals surface area contributed by atoms with Gasteiger partial charge in [-0.05, 0) is 28.6 Å². The fourth-order valence-corrected chi connectivity index (χ4v) is 3.51. The molecule has 2 heterocycles. The summed E-state index contributed by atoms with van der Waals surface area (Å²) >= 11 is 13.1. The maximum atomic E-state index is 12.5. The highest BCUT2D eigenvalue weighted by atomic mass is 35.5. The number of imide groups is 1. The van der Waals surface area contributed by atoms with Gasteiger partial charge in [0.05, 0.1) is 10.7 Å². The third kappa shape index (κ3) is 2.69. The van der Waals surface area contributed by atoms with E-state index in [1.54, 1.807) is 19.2 Å². The largest absolute Gasteiger partial charge is 0.274 e. The zero-order valence-corrected chi connectivity index (χ0v) is 13.6. The van der Waals surface area contributed by atoms with Crippen LogP contribution in [0.25, 0.3) is 0 Å². The number of benzene rings is 1. The highest BCUT2D eigenvalue weighted by molar-refractivity contribution is 8.00. The lowest BCUT2D eigenvalue weighted by Gasteiger charge is -2.16. The molecule has 0 unspecified atom stereocenters. The molecule has 0 saturated carbocycles. The molecule has 0 bridgehead atoms. The second-order valence-electron chi connectivity index (χ2n) is 4.56. The predicted octanol–water partition coefficient (Wildman–Crippen LogP) is 1.94. The van der Waals surface area contributed by atoms with E-state index in [1.165, 1.54) is 10.7 Å². The molecule has 0 aliphatic carbocycles. The van der Waals surface area contributed by atoms with Gasteiger partial charge >= 0.3 is 0 Å². The molecule has 1 aliphatic rings. The highest BCUT2D eigenvalue weighted by Gasteiger charge is 2.41. The van der Waals surface area contributed by atoms with Crippen molar-refractivity contribution in [1.82, 2.24) is 20.2 Å². The van der Waals surface area contributed by atoms with E-state index in [-0.39, 0.29) is 23.3 Å². The Morgan fingerprint density at radius 3 is 2.73 bits per heavy atom. The average Bonchev–Trinajstić information content (AvgIpc) is 2.97. The first-order valence-electron chi connectivity index (χ1n) is 6.18. The molecule has 1 atom stereocenters. The van der Waals surface area contributed by atoms with E-state index in [0.717, 1.165) is 16.7 Å². The smallest absolute Gasteiger partial charge is 0.247 e. The minimum atomic E-state index is -0.580. The van der Waals surface area contributed by atoms with Gasteiger partial charge in [0.15, 0.2) is 0 Å². The van der Waals surface area contributed by atoms with E-state index >= 15 is 0 Å². The Bertz CT molecular complexity index is 766. The number of halogens is 2. The number of amides is 2. The molecule has 0 radical (unpaired) electrons. The van der Waals surface area contributed by atoms with Crippen LogP contribution in [0.15, 0.2) is 23.4 Å². The number of carbonyl (C=O) groups is 2. The van der Waals surface area contributed by atoms with E-state index in [9.17, 15) is 9.59 Å². The van der Waals surface area contributed by atoms with Gasteiger partial charge in [-0.25, -0.2) is 9.58 Å². The van der Waals surface area contributed by atoms with Gasteiger partial charge in [0.25, 0.3) is 0 Å². The first-order valence-corrected chi connectivity index (χ1v) is 7.82. The van der Waals surface area contributed by atoms with E-state index in [4.69, 9.17) is 23.2 Å². The van der Waals surface area contributed by atoms with E-state index < -0.39 is 5.25 Å². The summed E-state index contributed by atoms with van der Waals surface area (Å²) in [6.45, 7) is 0. The Balaban J connectivity index is 1.87. The van der Waals surface area contributed by atoms with E-state index in [1.807, 2.05) is 0 Å². The predicted molar refractivity (Wildman–Crippen MR) is 82.0 cm³/mol. The molecule has 1 saturated heterocycles. The maximum Gasteiger partial charge on any atom is 0.247 e. The second kappa shape index (κ2) is 5.86. The molecular formula is C12H9Cl2N5O2S. The average molecular weight is 358 g/mol. The molecular weight excluding hydrogens is 349 g/mol. The number of anilines is 1. The van der Waals surface area contributed by atoms with Crippen molar-refractivity contribution in [2.75, 3.05) is 4.90 Å². The van der Waals surface area contributed by atoms with Crippen LogP contribution in [0.1, 0.15) is 6.42 Å². The Labute approximate surface area is 139 Å². The van der Waals surface area contributed by atoms with Crippen LogP contribution in [0.4, 0.5) is 5.69 Å². The van der Waals surface area contributed by atoms with Crippen LogP contribution in [0.2, 0.25) is 10.0 Å². The summed E-state index contributed by atoms with van der Waals surface area (Å²) < 4.78 is 1.44. The summed E-state index contributed by atoms with van der Waals surface area (Å²) in [4.78, 5) is 25.8. The number of nitrogens with zero attached hydrogens (tertiary/aromatic N) is 5. The molecule has 22 heavy (non-hydrogen) atoms.